The van der Waals surface area contributed by atoms with E-state index in [0.717, 1.165) is 19.1 Å². The lowest BCUT2D eigenvalue weighted by molar-refractivity contribution is 0.0923. The molecule has 1 unspecified atom stereocenters. The summed E-state index contributed by atoms with van der Waals surface area (Å²) in [7, 11) is -3.25. The van der Waals surface area contributed by atoms with Crippen molar-refractivity contribution in [2.75, 3.05) is 6.26 Å². The third-order valence-electron chi connectivity index (χ3n) is 2.72. The fourth-order valence-corrected chi connectivity index (χ4v) is 2.40. The molecule has 0 N–H and O–H groups in total. The van der Waals surface area contributed by atoms with Crippen molar-refractivity contribution < 1.29 is 13.2 Å². The second kappa shape index (κ2) is 5.45. The molecule has 1 aromatic carbocycles. The maximum absolute atomic E-state index is 12.0. The summed E-state index contributed by atoms with van der Waals surface area (Å²) >= 11 is 0. The summed E-state index contributed by atoms with van der Waals surface area (Å²) in [5, 5.41) is 0. The van der Waals surface area contributed by atoms with Gasteiger partial charge in [0.1, 0.15) is 0 Å². The summed E-state index contributed by atoms with van der Waals surface area (Å²) in [4.78, 5) is 12.2. The molecule has 0 fully saturated rings. The van der Waals surface area contributed by atoms with Crippen LogP contribution >= 0.6 is 0 Å². The molecule has 4 heteroatoms. The highest BCUT2D eigenvalue weighted by molar-refractivity contribution is 7.90. The predicted molar refractivity (Wildman–Crippen MR) is 68.0 cm³/mol. The molecule has 1 atom stereocenters. The topological polar surface area (TPSA) is 51.2 Å². The van der Waals surface area contributed by atoms with Crippen LogP contribution < -0.4 is 0 Å². The molecule has 17 heavy (non-hydrogen) atoms. The minimum absolute atomic E-state index is 0.0114. The Balaban J connectivity index is 3.04. The Labute approximate surface area is 103 Å². The SMILES string of the molecule is CCCC(C)C(=O)c1cccc(S(C)(=O)=O)c1. The number of sulfone groups is 1. The lowest BCUT2D eigenvalue weighted by Gasteiger charge is -2.09. The van der Waals surface area contributed by atoms with Crippen LogP contribution in [0.4, 0.5) is 0 Å². The Bertz CT molecular complexity index is 503. The van der Waals surface area contributed by atoms with Crippen LogP contribution in [0.5, 0.6) is 0 Å². The van der Waals surface area contributed by atoms with Gasteiger partial charge in [-0.1, -0.05) is 32.4 Å². The van der Waals surface area contributed by atoms with Crippen molar-refractivity contribution in [2.45, 2.75) is 31.6 Å². The number of hydrogen-bond acceptors (Lipinski definition) is 3. The zero-order valence-electron chi connectivity index (χ0n) is 10.4. The standard InChI is InChI=1S/C13H18O3S/c1-4-6-10(2)13(14)11-7-5-8-12(9-11)17(3,15)16/h5,7-10H,4,6H2,1-3H3. The van der Waals surface area contributed by atoms with Crippen LogP contribution in [-0.2, 0) is 9.84 Å². The Morgan fingerprint density at radius 1 is 1.35 bits per heavy atom. The van der Waals surface area contributed by atoms with E-state index in [-0.39, 0.29) is 16.6 Å². The van der Waals surface area contributed by atoms with Crippen molar-refractivity contribution in [3.63, 3.8) is 0 Å². The van der Waals surface area contributed by atoms with Gasteiger partial charge in [0.15, 0.2) is 15.6 Å². The van der Waals surface area contributed by atoms with Gasteiger partial charge in [0, 0.05) is 17.7 Å². The van der Waals surface area contributed by atoms with Gasteiger partial charge < -0.3 is 0 Å². The van der Waals surface area contributed by atoms with E-state index in [4.69, 9.17) is 0 Å². The second-order valence-corrected chi connectivity index (χ2v) is 6.37. The number of Topliss-reactive ketones (excluding diaryl/α,β-unsaturated/α-hetero) is 1. The molecule has 0 aliphatic carbocycles. The smallest absolute Gasteiger partial charge is 0.175 e. The number of carbonyl (C=O) groups is 1. The van der Waals surface area contributed by atoms with Gasteiger partial charge in [0.05, 0.1) is 4.90 Å². The number of hydrogen-bond donors (Lipinski definition) is 0. The summed E-state index contributed by atoms with van der Waals surface area (Å²) in [6.45, 7) is 3.90. The van der Waals surface area contributed by atoms with Gasteiger partial charge in [0.25, 0.3) is 0 Å². The summed E-state index contributed by atoms with van der Waals surface area (Å²) in [6, 6.07) is 6.26. The molecular weight excluding hydrogens is 236 g/mol. The predicted octanol–water partition coefficient (Wildman–Crippen LogP) is 2.71. The fraction of sp³-hybridized carbons (Fsp3) is 0.462. The Hall–Kier alpha value is -1.16. The zero-order valence-corrected chi connectivity index (χ0v) is 11.3. The zero-order chi connectivity index (χ0) is 13.1. The van der Waals surface area contributed by atoms with Crippen molar-refractivity contribution in [2.24, 2.45) is 5.92 Å². The lowest BCUT2D eigenvalue weighted by Crippen LogP contribution is -2.11. The first kappa shape index (κ1) is 13.9. The maximum atomic E-state index is 12.0. The minimum Gasteiger partial charge on any atom is -0.294 e. The van der Waals surface area contributed by atoms with E-state index in [2.05, 4.69) is 0 Å². The largest absolute Gasteiger partial charge is 0.294 e. The first-order valence-corrected chi connectivity index (χ1v) is 7.59. The van der Waals surface area contributed by atoms with Crippen LogP contribution in [0.15, 0.2) is 29.2 Å². The van der Waals surface area contributed by atoms with Gasteiger partial charge in [-0.2, -0.15) is 0 Å². The Morgan fingerprint density at radius 3 is 2.53 bits per heavy atom. The molecule has 0 saturated carbocycles. The molecule has 94 valence electrons. The van der Waals surface area contributed by atoms with Crippen LogP contribution in [0.1, 0.15) is 37.0 Å². The quantitative estimate of drug-likeness (QED) is 0.759. The number of ketones is 1. The lowest BCUT2D eigenvalue weighted by atomic mass is 9.95. The van der Waals surface area contributed by atoms with Crippen LogP contribution in [0.2, 0.25) is 0 Å². The molecule has 1 rings (SSSR count). The molecule has 0 radical (unpaired) electrons. The highest BCUT2D eigenvalue weighted by Crippen LogP contribution is 2.17. The Morgan fingerprint density at radius 2 is 2.00 bits per heavy atom. The molecule has 0 aromatic heterocycles. The molecule has 0 heterocycles. The number of benzene rings is 1. The van der Waals surface area contributed by atoms with Crippen LogP contribution in [0.3, 0.4) is 0 Å². The van der Waals surface area contributed by atoms with Crippen LogP contribution in [0.25, 0.3) is 0 Å². The van der Waals surface area contributed by atoms with Gasteiger partial charge in [-0.25, -0.2) is 8.42 Å². The summed E-state index contributed by atoms with van der Waals surface area (Å²) in [5.74, 6) is -0.0489. The average Bonchev–Trinajstić information content (AvgIpc) is 2.27. The minimum atomic E-state index is -3.25. The van der Waals surface area contributed by atoms with Gasteiger partial charge in [-0.05, 0) is 18.6 Å². The maximum Gasteiger partial charge on any atom is 0.175 e. The summed E-state index contributed by atoms with van der Waals surface area (Å²) in [6.07, 6.45) is 2.91. The molecule has 0 aliphatic rings. The summed E-state index contributed by atoms with van der Waals surface area (Å²) in [5.41, 5.74) is 0.480. The second-order valence-electron chi connectivity index (χ2n) is 4.35. The average molecular weight is 254 g/mol. The summed E-state index contributed by atoms with van der Waals surface area (Å²) < 4.78 is 22.8. The molecule has 0 bridgehead atoms. The van der Waals surface area contributed by atoms with E-state index in [1.165, 1.54) is 12.1 Å². The first-order chi connectivity index (χ1) is 7.86. The van der Waals surface area contributed by atoms with E-state index in [1.807, 2.05) is 13.8 Å². The molecule has 1 aromatic rings. The molecule has 0 saturated heterocycles. The monoisotopic (exact) mass is 254 g/mol. The van der Waals surface area contributed by atoms with Gasteiger partial charge in [-0.3, -0.25) is 4.79 Å². The van der Waals surface area contributed by atoms with E-state index in [9.17, 15) is 13.2 Å². The third kappa shape index (κ3) is 3.66. The van der Waals surface area contributed by atoms with Crippen molar-refractivity contribution in [1.29, 1.82) is 0 Å². The van der Waals surface area contributed by atoms with Crippen molar-refractivity contribution in [3.05, 3.63) is 29.8 Å². The molecule has 0 spiro atoms. The highest BCUT2D eigenvalue weighted by atomic mass is 32.2. The van der Waals surface area contributed by atoms with Gasteiger partial charge in [0.2, 0.25) is 0 Å². The van der Waals surface area contributed by atoms with Crippen molar-refractivity contribution in [3.8, 4) is 0 Å². The Kier molecular flexibility index (Phi) is 4.46. The van der Waals surface area contributed by atoms with Crippen molar-refractivity contribution >= 4 is 15.6 Å². The van der Waals surface area contributed by atoms with Crippen molar-refractivity contribution in [1.82, 2.24) is 0 Å². The fourth-order valence-electron chi connectivity index (χ4n) is 1.73. The van der Waals surface area contributed by atoms with Gasteiger partial charge in [-0.15, -0.1) is 0 Å². The van der Waals surface area contributed by atoms with E-state index in [0.29, 0.717) is 5.56 Å². The van der Waals surface area contributed by atoms with Crippen LogP contribution in [-0.4, -0.2) is 20.5 Å². The van der Waals surface area contributed by atoms with Gasteiger partial charge >= 0.3 is 0 Å². The highest BCUT2D eigenvalue weighted by Gasteiger charge is 2.16. The number of carbonyl (C=O) groups excluding carboxylic acids is 1. The third-order valence-corrected chi connectivity index (χ3v) is 3.83. The molecule has 0 aliphatic heterocycles. The van der Waals surface area contributed by atoms with Crippen LogP contribution in [0, 0.1) is 5.92 Å². The molecule has 3 nitrogen and oxygen atoms in total. The van der Waals surface area contributed by atoms with E-state index in [1.54, 1.807) is 12.1 Å². The first-order valence-electron chi connectivity index (χ1n) is 5.70. The number of rotatable bonds is 5. The molecular formula is C13H18O3S. The van der Waals surface area contributed by atoms with E-state index >= 15 is 0 Å². The van der Waals surface area contributed by atoms with E-state index < -0.39 is 9.84 Å². The normalized spacial score (nSPS) is 13.4. The molecule has 0 amide bonds.